The molecule has 0 fully saturated rings. The third-order valence-corrected chi connectivity index (χ3v) is 5.07. The molecular formula is C20H16BrClN2O. The van der Waals surface area contributed by atoms with Crippen molar-refractivity contribution in [2.75, 3.05) is 0 Å². The molecule has 126 valence electrons. The van der Waals surface area contributed by atoms with E-state index >= 15 is 0 Å². The summed E-state index contributed by atoms with van der Waals surface area (Å²) >= 11 is 9.66. The monoisotopic (exact) mass is 414 g/mol. The maximum Gasteiger partial charge on any atom is 0.129 e. The van der Waals surface area contributed by atoms with Crippen LogP contribution in [0, 0.1) is 0 Å². The second-order valence-corrected chi connectivity index (χ2v) is 6.98. The van der Waals surface area contributed by atoms with Crippen molar-refractivity contribution in [1.82, 2.24) is 4.98 Å². The Kier molecular flexibility index (Phi) is 5.21. The molecule has 0 aliphatic heterocycles. The van der Waals surface area contributed by atoms with Crippen LogP contribution in [0.25, 0.3) is 0 Å². The van der Waals surface area contributed by atoms with Crippen molar-refractivity contribution in [2.24, 2.45) is 5.16 Å². The summed E-state index contributed by atoms with van der Waals surface area (Å²) in [7, 11) is 0. The van der Waals surface area contributed by atoms with E-state index < -0.39 is 5.41 Å². The van der Waals surface area contributed by atoms with E-state index in [0.717, 1.165) is 21.2 Å². The van der Waals surface area contributed by atoms with E-state index in [2.05, 4.69) is 26.1 Å². The van der Waals surface area contributed by atoms with E-state index in [9.17, 15) is 5.21 Å². The molecule has 0 saturated carbocycles. The minimum atomic E-state index is -0.775. The second kappa shape index (κ2) is 7.38. The lowest BCUT2D eigenvalue weighted by Gasteiger charge is -2.35. The highest BCUT2D eigenvalue weighted by molar-refractivity contribution is 9.10. The smallest absolute Gasteiger partial charge is 0.129 e. The van der Waals surface area contributed by atoms with Gasteiger partial charge in [-0.15, -0.1) is 0 Å². The maximum absolute atomic E-state index is 9.71. The Morgan fingerprint density at radius 1 is 1.00 bits per heavy atom. The van der Waals surface area contributed by atoms with Crippen molar-refractivity contribution < 1.29 is 5.21 Å². The van der Waals surface area contributed by atoms with E-state index in [1.807, 2.05) is 73.7 Å². The zero-order valence-electron chi connectivity index (χ0n) is 13.5. The Hall–Kier alpha value is -2.17. The van der Waals surface area contributed by atoms with Crippen molar-refractivity contribution in [2.45, 2.75) is 12.3 Å². The summed E-state index contributed by atoms with van der Waals surface area (Å²) in [6.45, 7) is 1.81. The molecule has 1 atom stereocenters. The van der Waals surface area contributed by atoms with Crippen LogP contribution in [0.3, 0.4) is 0 Å². The van der Waals surface area contributed by atoms with E-state index in [1.54, 1.807) is 6.20 Å². The molecule has 0 aliphatic rings. The first-order chi connectivity index (χ1) is 12.1. The van der Waals surface area contributed by atoms with E-state index in [4.69, 9.17) is 11.6 Å². The van der Waals surface area contributed by atoms with E-state index in [1.165, 1.54) is 0 Å². The summed E-state index contributed by atoms with van der Waals surface area (Å²) in [5.74, 6) is 0. The molecule has 2 aromatic carbocycles. The van der Waals surface area contributed by atoms with Gasteiger partial charge in [0.05, 0.1) is 11.1 Å². The molecule has 0 spiro atoms. The molecule has 0 amide bonds. The number of aromatic nitrogens is 1. The highest BCUT2D eigenvalue weighted by Crippen LogP contribution is 2.41. The number of hydrogen-bond acceptors (Lipinski definition) is 3. The molecule has 5 heteroatoms. The van der Waals surface area contributed by atoms with Gasteiger partial charge in [0.1, 0.15) is 5.15 Å². The summed E-state index contributed by atoms with van der Waals surface area (Å²) in [5.41, 5.74) is 2.61. The standard InChI is InChI=1S/C20H16BrClN2O/c1-14(24-25)20(15-5-3-2-4-6-15,16-7-9-18(21)10-8-16)17-11-12-23-19(22)13-17/h2-13,25H,1H3. The number of pyridine rings is 1. The van der Waals surface area contributed by atoms with Gasteiger partial charge in [-0.3, -0.25) is 0 Å². The van der Waals surface area contributed by atoms with Crippen LogP contribution in [0.5, 0.6) is 0 Å². The Morgan fingerprint density at radius 2 is 1.64 bits per heavy atom. The van der Waals surface area contributed by atoms with Crippen LogP contribution in [0.15, 0.2) is 82.6 Å². The quantitative estimate of drug-likeness (QED) is 0.258. The van der Waals surface area contributed by atoms with Crippen molar-refractivity contribution >= 4 is 33.2 Å². The van der Waals surface area contributed by atoms with Crippen molar-refractivity contribution in [1.29, 1.82) is 0 Å². The summed E-state index contributed by atoms with van der Waals surface area (Å²) < 4.78 is 0.976. The Balaban J connectivity index is 2.42. The van der Waals surface area contributed by atoms with Crippen molar-refractivity contribution in [3.05, 3.63) is 99.2 Å². The third kappa shape index (κ3) is 3.20. The maximum atomic E-state index is 9.71. The van der Waals surface area contributed by atoms with Gasteiger partial charge in [-0.25, -0.2) is 4.98 Å². The molecule has 1 N–H and O–H groups in total. The number of benzene rings is 2. The van der Waals surface area contributed by atoms with E-state index in [0.29, 0.717) is 10.9 Å². The SMILES string of the molecule is CC(=NO)C(c1ccccc1)(c1ccc(Br)cc1)c1ccnc(Cl)c1. The molecule has 0 aliphatic carbocycles. The summed E-state index contributed by atoms with van der Waals surface area (Å²) in [6.07, 6.45) is 1.67. The van der Waals surface area contributed by atoms with E-state index in [-0.39, 0.29) is 0 Å². The summed E-state index contributed by atoms with van der Waals surface area (Å²) in [5, 5.41) is 13.7. The van der Waals surface area contributed by atoms with Crippen LogP contribution in [0.1, 0.15) is 23.6 Å². The van der Waals surface area contributed by atoms with Crippen LogP contribution < -0.4 is 0 Å². The van der Waals surface area contributed by atoms with Gasteiger partial charge >= 0.3 is 0 Å². The fraction of sp³-hybridized carbons (Fsp3) is 0.100. The van der Waals surface area contributed by atoms with Gasteiger partial charge in [0.25, 0.3) is 0 Å². The minimum absolute atomic E-state index is 0.389. The first-order valence-electron chi connectivity index (χ1n) is 7.71. The number of halogens is 2. The lowest BCUT2D eigenvalue weighted by Crippen LogP contribution is -2.37. The van der Waals surface area contributed by atoms with Gasteiger partial charge in [-0.05, 0) is 47.9 Å². The molecule has 0 saturated heterocycles. The zero-order chi connectivity index (χ0) is 17.9. The lowest BCUT2D eigenvalue weighted by molar-refractivity contribution is 0.315. The first kappa shape index (κ1) is 17.6. The number of rotatable bonds is 4. The van der Waals surface area contributed by atoms with Gasteiger partial charge in [-0.2, -0.15) is 0 Å². The fourth-order valence-corrected chi connectivity index (χ4v) is 3.66. The minimum Gasteiger partial charge on any atom is -0.411 e. The molecule has 0 radical (unpaired) electrons. The largest absolute Gasteiger partial charge is 0.411 e. The Morgan fingerprint density at radius 3 is 2.24 bits per heavy atom. The topological polar surface area (TPSA) is 45.5 Å². The van der Waals surface area contributed by atoms with Crippen LogP contribution >= 0.6 is 27.5 Å². The Bertz CT molecular complexity index is 897. The van der Waals surface area contributed by atoms with Crippen LogP contribution in [0.4, 0.5) is 0 Å². The number of nitrogens with zero attached hydrogens (tertiary/aromatic N) is 2. The number of hydrogen-bond donors (Lipinski definition) is 1. The molecule has 1 heterocycles. The average Bonchev–Trinajstić information content (AvgIpc) is 2.64. The summed E-state index contributed by atoms with van der Waals surface area (Å²) in [4.78, 5) is 4.10. The van der Waals surface area contributed by atoms with Crippen LogP contribution in [-0.2, 0) is 5.41 Å². The third-order valence-electron chi connectivity index (χ3n) is 4.34. The highest BCUT2D eigenvalue weighted by Gasteiger charge is 2.40. The van der Waals surface area contributed by atoms with Gasteiger partial charge < -0.3 is 5.21 Å². The highest BCUT2D eigenvalue weighted by atomic mass is 79.9. The molecule has 0 bridgehead atoms. The predicted octanol–water partition coefficient (Wildman–Crippen LogP) is 5.68. The van der Waals surface area contributed by atoms with Crippen LogP contribution in [-0.4, -0.2) is 15.9 Å². The number of oxime groups is 1. The predicted molar refractivity (Wildman–Crippen MR) is 105 cm³/mol. The molecule has 1 unspecified atom stereocenters. The molecule has 3 rings (SSSR count). The average molecular weight is 416 g/mol. The zero-order valence-corrected chi connectivity index (χ0v) is 15.9. The molecule has 25 heavy (non-hydrogen) atoms. The normalized spacial score (nSPS) is 14.1. The Labute approximate surface area is 160 Å². The van der Waals surface area contributed by atoms with Crippen molar-refractivity contribution in [3.8, 4) is 0 Å². The van der Waals surface area contributed by atoms with Gasteiger partial charge in [-0.1, -0.05) is 75.2 Å². The molecule has 3 nitrogen and oxygen atoms in total. The van der Waals surface area contributed by atoms with Crippen LogP contribution in [0.2, 0.25) is 5.15 Å². The van der Waals surface area contributed by atoms with Crippen molar-refractivity contribution in [3.63, 3.8) is 0 Å². The lowest BCUT2D eigenvalue weighted by atomic mass is 9.67. The fourth-order valence-electron chi connectivity index (χ4n) is 3.23. The van der Waals surface area contributed by atoms with Gasteiger partial charge in [0.15, 0.2) is 0 Å². The second-order valence-electron chi connectivity index (χ2n) is 5.68. The molecule has 1 aromatic heterocycles. The van der Waals surface area contributed by atoms with Gasteiger partial charge in [0, 0.05) is 10.7 Å². The summed E-state index contributed by atoms with van der Waals surface area (Å²) in [6, 6.07) is 21.6. The molecular weight excluding hydrogens is 400 g/mol. The first-order valence-corrected chi connectivity index (χ1v) is 8.89. The molecule has 3 aromatic rings. The van der Waals surface area contributed by atoms with Gasteiger partial charge in [0.2, 0.25) is 0 Å².